The molecule has 0 aromatic heterocycles. The van der Waals surface area contributed by atoms with Crippen LogP contribution in [0.3, 0.4) is 0 Å². The Hall–Kier alpha value is -1.89. The van der Waals surface area contributed by atoms with E-state index in [1.54, 1.807) is 12.1 Å². The monoisotopic (exact) mass is 494 g/mol. The molecule has 3 aromatic rings. The molecular formula is C19H13Br2ClN2O2. The van der Waals surface area contributed by atoms with Crippen molar-refractivity contribution in [3.05, 3.63) is 73.6 Å². The molecule has 0 aliphatic rings. The molecule has 4 nitrogen and oxygen atoms in total. The number of amides is 1. The lowest BCUT2D eigenvalue weighted by atomic mass is 10.0. The second kappa shape index (κ2) is 8.20. The third-order valence-electron chi connectivity index (χ3n) is 3.76. The molecule has 0 saturated carbocycles. The Morgan fingerprint density at radius 1 is 1.12 bits per heavy atom. The number of phenols is 1. The van der Waals surface area contributed by atoms with E-state index in [0.29, 0.717) is 15.1 Å². The van der Waals surface area contributed by atoms with Gasteiger partial charge in [0.2, 0.25) is 5.91 Å². The molecule has 0 saturated heterocycles. The first-order valence-corrected chi connectivity index (χ1v) is 9.58. The Morgan fingerprint density at radius 2 is 1.85 bits per heavy atom. The number of nitrogens with one attached hydrogen (secondary N) is 1. The minimum absolute atomic E-state index is 0.00584. The van der Waals surface area contributed by atoms with Crippen LogP contribution in [-0.2, 0) is 11.2 Å². The van der Waals surface area contributed by atoms with Crippen LogP contribution in [0.15, 0.2) is 62.6 Å². The van der Waals surface area contributed by atoms with Crippen molar-refractivity contribution in [1.82, 2.24) is 5.43 Å². The van der Waals surface area contributed by atoms with Crippen LogP contribution in [0.25, 0.3) is 10.8 Å². The molecule has 0 aliphatic carbocycles. The fourth-order valence-electron chi connectivity index (χ4n) is 2.55. The van der Waals surface area contributed by atoms with Crippen molar-refractivity contribution in [1.29, 1.82) is 0 Å². The van der Waals surface area contributed by atoms with Crippen LogP contribution >= 0.6 is 43.5 Å². The lowest BCUT2D eigenvalue weighted by Crippen LogP contribution is -2.19. The van der Waals surface area contributed by atoms with Crippen molar-refractivity contribution in [2.24, 2.45) is 5.10 Å². The van der Waals surface area contributed by atoms with Crippen LogP contribution in [0.5, 0.6) is 5.75 Å². The van der Waals surface area contributed by atoms with E-state index in [2.05, 4.69) is 42.4 Å². The minimum atomic E-state index is -0.255. The van der Waals surface area contributed by atoms with Crippen molar-refractivity contribution in [2.45, 2.75) is 6.42 Å². The van der Waals surface area contributed by atoms with Crippen molar-refractivity contribution < 1.29 is 9.90 Å². The van der Waals surface area contributed by atoms with Gasteiger partial charge in [0.1, 0.15) is 5.75 Å². The Balaban J connectivity index is 1.74. The molecular weight excluding hydrogens is 483 g/mol. The molecule has 132 valence electrons. The third kappa shape index (κ3) is 4.26. The van der Waals surface area contributed by atoms with Gasteiger partial charge in [-0.15, -0.1) is 0 Å². The van der Waals surface area contributed by atoms with Gasteiger partial charge in [-0.05, 0) is 50.5 Å². The number of halogens is 3. The summed E-state index contributed by atoms with van der Waals surface area (Å²) in [5, 5.41) is 16.4. The molecule has 1 amide bonds. The molecule has 0 spiro atoms. The van der Waals surface area contributed by atoms with Crippen molar-refractivity contribution in [3.8, 4) is 5.75 Å². The van der Waals surface area contributed by atoms with Crippen LogP contribution < -0.4 is 5.43 Å². The fraction of sp³-hybridized carbons (Fsp3) is 0.0526. The van der Waals surface area contributed by atoms with Crippen LogP contribution in [0.1, 0.15) is 11.1 Å². The summed E-state index contributed by atoms with van der Waals surface area (Å²) in [6, 6.07) is 14.8. The quantitative estimate of drug-likeness (QED) is 0.375. The first-order chi connectivity index (χ1) is 12.5. The van der Waals surface area contributed by atoms with Gasteiger partial charge in [-0.3, -0.25) is 4.79 Å². The molecule has 0 bridgehead atoms. The van der Waals surface area contributed by atoms with Crippen LogP contribution in [-0.4, -0.2) is 17.2 Å². The van der Waals surface area contributed by atoms with Gasteiger partial charge in [0, 0.05) is 15.1 Å². The van der Waals surface area contributed by atoms with Crippen molar-refractivity contribution in [2.75, 3.05) is 0 Å². The zero-order chi connectivity index (χ0) is 18.7. The van der Waals surface area contributed by atoms with E-state index in [1.165, 1.54) is 6.21 Å². The standard InChI is InChI=1S/C19H13Br2ClN2O2/c20-16-6-5-11(14-3-1-2-4-15(14)16)8-18(25)24-23-10-12-7-13(22)9-17(21)19(12)26/h1-7,9-10,26H,8H2,(H,24,25)/b23-10+. The molecule has 0 unspecified atom stereocenters. The molecule has 0 aliphatic heterocycles. The van der Waals surface area contributed by atoms with Gasteiger partial charge in [0.05, 0.1) is 17.1 Å². The van der Waals surface area contributed by atoms with Crippen molar-refractivity contribution >= 4 is 66.4 Å². The van der Waals surface area contributed by atoms with Crippen molar-refractivity contribution in [3.63, 3.8) is 0 Å². The van der Waals surface area contributed by atoms with Gasteiger partial charge in [-0.1, -0.05) is 57.9 Å². The normalized spacial score (nSPS) is 11.2. The predicted molar refractivity (Wildman–Crippen MR) is 112 cm³/mol. The molecule has 0 heterocycles. The van der Waals surface area contributed by atoms with E-state index < -0.39 is 0 Å². The highest BCUT2D eigenvalue weighted by atomic mass is 79.9. The van der Waals surface area contributed by atoms with E-state index in [9.17, 15) is 9.90 Å². The van der Waals surface area contributed by atoms with E-state index in [0.717, 1.165) is 20.8 Å². The number of aromatic hydroxyl groups is 1. The molecule has 2 N–H and O–H groups in total. The summed E-state index contributed by atoms with van der Waals surface area (Å²) >= 11 is 12.7. The Morgan fingerprint density at radius 3 is 2.62 bits per heavy atom. The lowest BCUT2D eigenvalue weighted by Gasteiger charge is -2.07. The first-order valence-electron chi connectivity index (χ1n) is 7.61. The van der Waals surface area contributed by atoms with E-state index in [1.807, 2.05) is 36.4 Å². The number of hydrogen-bond donors (Lipinski definition) is 2. The summed E-state index contributed by atoms with van der Waals surface area (Å²) < 4.78 is 1.44. The second-order valence-electron chi connectivity index (χ2n) is 5.55. The summed E-state index contributed by atoms with van der Waals surface area (Å²) in [5.41, 5.74) is 3.78. The summed E-state index contributed by atoms with van der Waals surface area (Å²) in [6.07, 6.45) is 1.54. The van der Waals surface area contributed by atoms with Gasteiger partial charge in [0.15, 0.2) is 0 Å². The maximum atomic E-state index is 12.2. The summed E-state index contributed by atoms with van der Waals surface area (Å²) in [7, 11) is 0. The minimum Gasteiger partial charge on any atom is -0.506 e. The average Bonchev–Trinajstić information content (AvgIpc) is 2.62. The number of carbonyl (C=O) groups is 1. The van der Waals surface area contributed by atoms with Gasteiger partial charge >= 0.3 is 0 Å². The molecule has 0 fully saturated rings. The number of benzene rings is 3. The lowest BCUT2D eigenvalue weighted by molar-refractivity contribution is -0.120. The zero-order valence-corrected chi connectivity index (χ0v) is 17.3. The summed E-state index contributed by atoms with van der Waals surface area (Å²) in [5.74, 6) is -0.249. The molecule has 3 rings (SSSR count). The number of carbonyl (C=O) groups excluding carboxylic acids is 1. The zero-order valence-electron chi connectivity index (χ0n) is 13.3. The highest BCUT2D eigenvalue weighted by Gasteiger charge is 2.09. The topological polar surface area (TPSA) is 61.7 Å². The Kier molecular flexibility index (Phi) is 5.96. The third-order valence-corrected chi connectivity index (χ3v) is 5.28. The van der Waals surface area contributed by atoms with Gasteiger partial charge in [-0.25, -0.2) is 5.43 Å². The molecule has 3 aromatic carbocycles. The maximum Gasteiger partial charge on any atom is 0.244 e. The largest absolute Gasteiger partial charge is 0.506 e. The predicted octanol–water partition coefficient (Wildman–Crippen LogP) is 5.42. The molecule has 0 radical (unpaired) electrons. The second-order valence-corrected chi connectivity index (χ2v) is 7.69. The van der Waals surface area contributed by atoms with Crippen LogP contribution in [0.4, 0.5) is 0 Å². The highest BCUT2D eigenvalue weighted by molar-refractivity contribution is 9.11. The Bertz CT molecular complexity index is 1020. The van der Waals surface area contributed by atoms with E-state index in [-0.39, 0.29) is 18.1 Å². The average molecular weight is 497 g/mol. The van der Waals surface area contributed by atoms with Crippen LogP contribution in [0, 0.1) is 0 Å². The van der Waals surface area contributed by atoms with E-state index in [4.69, 9.17) is 11.6 Å². The van der Waals surface area contributed by atoms with E-state index >= 15 is 0 Å². The number of hydrazone groups is 1. The number of rotatable bonds is 4. The summed E-state index contributed by atoms with van der Waals surface area (Å²) in [4.78, 5) is 12.2. The first kappa shape index (κ1) is 18.9. The smallest absolute Gasteiger partial charge is 0.244 e. The maximum absolute atomic E-state index is 12.2. The highest BCUT2D eigenvalue weighted by Crippen LogP contribution is 2.30. The SMILES string of the molecule is O=C(Cc1ccc(Br)c2ccccc12)N/N=C/c1cc(Cl)cc(Br)c1O. The molecule has 7 heteroatoms. The number of fused-ring (bicyclic) bond motifs is 1. The van der Waals surface area contributed by atoms with Crippen LogP contribution in [0.2, 0.25) is 5.02 Å². The number of hydrogen-bond acceptors (Lipinski definition) is 3. The number of phenolic OH excluding ortho intramolecular Hbond substituents is 1. The van der Waals surface area contributed by atoms with Gasteiger partial charge in [0.25, 0.3) is 0 Å². The van der Waals surface area contributed by atoms with Gasteiger partial charge in [-0.2, -0.15) is 5.10 Å². The fourth-order valence-corrected chi connectivity index (χ4v) is 3.86. The van der Waals surface area contributed by atoms with Gasteiger partial charge < -0.3 is 5.11 Å². The summed E-state index contributed by atoms with van der Waals surface area (Å²) in [6.45, 7) is 0. The molecule has 26 heavy (non-hydrogen) atoms. The number of nitrogens with zero attached hydrogens (tertiary/aromatic N) is 1. The molecule has 0 atom stereocenters. The Labute approximate surface area is 172 Å².